The Hall–Kier alpha value is -0.450. The molecule has 33 heavy (non-hydrogen) atoms. The van der Waals surface area contributed by atoms with E-state index < -0.39 is 11.7 Å². The first-order valence-electron chi connectivity index (χ1n) is 14.1. The van der Waals surface area contributed by atoms with Crippen molar-refractivity contribution in [1.82, 2.24) is 0 Å². The molecule has 0 aromatic heterocycles. The summed E-state index contributed by atoms with van der Waals surface area (Å²) in [6.07, 6.45) is 9.40. The highest BCUT2D eigenvalue weighted by Crippen LogP contribution is 2.70. The van der Waals surface area contributed by atoms with Gasteiger partial charge in [-0.15, -0.1) is 0 Å². The van der Waals surface area contributed by atoms with Crippen molar-refractivity contribution in [3.8, 4) is 0 Å². The number of aliphatic hydroxyl groups is 2. The normalized spacial score (nSPS) is 57.0. The minimum Gasteiger partial charge on any atom is -0.393 e. The summed E-state index contributed by atoms with van der Waals surface area (Å²) in [7, 11) is 0. The van der Waals surface area contributed by atoms with Gasteiger partial charge >= 0.3 is 0 Å². The van der Waals surface area contributed by atoms with Gasteiger partial charge in [0.05, 0.1) is 18.8 Å². The largest absolute Gasteiger partial charge is 0.393 e. The van der Waals surface area contributed by atoms with Crippen LogP contribution < -0.4 is 0 Å². The fourth-order valence-corrected chi connectivity index (χ4v) is 10.4. The summed E-state index contributed by atoms with van der Waals surface area (Å²) in [5, 5.41) is 23.2. The molecule has 186 valence electrons. The summed E-state index contributed by atoms with van der Waals surface area (Å²) in [4.78, 5) is 12.2. The van der Waals surface area contributed by atoms with Crippen LogP contribution in [-0.4, -0.2) is 40.4 Å². The molecular formula is C29H46O4. The topological polar surface area (TPSA) is 70.1 Å². The van der Waals surface area contributed by atoms with E-state index in [1.54, 1.807) is 0 Å². The Kier molecular flexibility index (Phi) is 5.24. The highest BCUT2D eigenvalue weighted by molar-refractivity contribution is 5.79. The second-order valence-corrected chi connectivity index (χ2v) is 14.0. The molecule has 0 spiro atoms. The number of rotatable bonds is 5. The second-order valence-electron chi connectivity index (χ2n) is 14.0. The first-order valence-corrected chi connectivity index (χ1v) is 14.1. The van der Waals surface area contributed by atoms with Gasteiger partial charge < -0.3 is 14.9 Å². The predicted octanol–water partition coefficient (Wildman–Crippen LogP) is 5.00. The van der Waals surface area contributed by atoms with E-state index >= 15 is 0 Å². The molecule has 6 aliphatic rings. The van der Waals surface area contributed by atoms with Crippen LogP contribution in [-0.2, 0) is 9.53 Å². The molecule has 0 bridgehead atoms. The fraction of sp³-hybridized carbons (Fsp3) is 0.966. The summed E-state index contributed by atoms with van der Waals surface area (Å²) >= 11 is 0. The monoisotopic (exact) mass is 458 g/mol. The number of Topliss-reactive ketones (excluding diaryl/α,β-unsaturated/α-hetero) is 1. The third-order valence-corrected chi connectivity index (χ3v) is 12.7. The standard InChI is InChI=1S/C29H46O4/c1-16-11-21(16)17(2)12-26(32)29(15-33-29)24-8-7-22-20-6-5-18-13-19(30)9-10-27(18,3)23(20)14-25(31)28(22,24)4/h16-18,20-26,31-32H,5-15H2,1-4H3/t16-,17-,18?,20?,21-,22?,23?,24+,25-,26-,27+,28+,29+/m1/s1. The molecule has 4 nitrogen and oxygen atoms in total. The number of aliphatic hydroxyl groups excluding tert-OH is 2. The third kappa shape index (κ3) is 3.22. The van der Waals surface area contributed by atoms with E-state index in [2.05, 4.69) is 27.7 Å². The van der Waals surface area contributed by atoms with E-state index in [0.29, 0.717) is 42.0 Å². The molecule has 1 heterocycles. The molecule has 5 saturated carbocycles. The van der Waals surface area contributed by atoms with Crippen LogP contribution in [0.25, 0.3) is 0 Å². The molecule has 0 aromatic carbocycles. The van der Waals surface area contributed by atoms with Gasteiger partial charge in [0.25, 0.3) is 0 Å². The Labute approximate surface area is 200 Å². The van der Waals surface area contributed by atoms with Crippen LogP contribution >= 0.6 is 0 Å². The van der Waals surface area contributed by atoms with Crippen LogP contribution in [0.3, 0.4) is 0 Å². The van der Waals surface area contributed by atoms with E-state index in [0.717, 1.165) is 56.8 Å². The average molecular weight is 459 g/mol. The Morgan fingerprint density at radius 2 is 1.85 bits per heavy atom. The number of epoxide rings is 1. The molecule has 6 rings (SSSR count). The van der Waals surface area contributed by atoms with Gasteiger partial charge in [0, 0.05) is 24.2 Å². The Morgan fingerprint density at radius 1 is 1.12 bits per heavy atom. The van der Waals surface area contributed by atoms with Crippen molar-refractivity contribution in [2.45, 2.75) is 110 Å². The minimum absolute atomic E-state index is 0.164. The van der Waals surface area contributed by atoms with E-state index in [-0.39, 0.29) is 22.9 Å². The number of carbonyl (C=O) groups is 1. The molecule has 5 aliphatic carbocycles. The van der Waals surface area contributed by atoms with Gasteiger partial charge in [-0.1, -0.05) is 27.7 Å². The summed E-state index contributed by atoms with van der Waals surface area (Å²) in [5.74, 6) is 5.04. The molecule has 0 radical (unpaired) electrons. The van der Waals surface area contributed by atoms with Crippen LogP contribution in [0.15, 0.2) is 0 Å². The zero-order chi connectivity index (χ0) is 23.3. The smallest absolute Gasteiger partial charge is 0.133 e. The van der Waals surface area contributed by atoms with Gasteiger partial charge in [0.2, 0.25) is 0 Å². The van der Waals surface area contributed by atoms with Crippen molar-refractivity contribution in [2.75, 3.05) is 6.61 Å². The van der Waals surface area contributed by atoms with Crippen LogP contribution in [0.2, 0.25) is 0 Å². The molecule has 13 atom stereocenters. The van der Waals surface area contributed by atoms with Crippen molar-refractivity contribution in [1.29, 1.82) is 0 Å². The Bertz CT molecular complexity index is 805. The summed E-state index contributed by atoms with van der Waals surface area (Å²) < 4.78 is 6.19. The predicted molar refractivity (Wildman–Crippen MR) is 127 cm³/mol. The molecule has 1 aliphatic heterocycles. The lowest BCUT2D eigenvalue weighted by molar-refractivity contribution is -0.176. The maximum absolute atomic E-state index is 12.2. The summed E-state index contributed by atoms with van der Waals surface area (Å²) in [5.41, 5.74) is -0.384. The van der Waals surface area contributed by atoms with Gasteiger partial charge in [0.1, 0.15) is 11.4 Å². The lowest BCUT2D eigenvalue weighted by Crippen LogP contribution is -2.60. The SMILES string of the molecule is C[C@@H]1C[C@H]1[C@H](C)C[C@@H](O)[C@@]1([C@H]2CCC3C4CCC5CC(=O)CC[C@]5(C)C4C[C@@H](O)[C@@]32C)CO1. The molecule has 4 unspecified atom stereocenters. The summed E-state index contributed by atoms with van der Waals surface area (Å²) in [6.45, 7) is 10.1. The molecule has 4 heteroatoms. The number of carbonyl (C=O) groups excluding carboxylic acids is 1. The number of fused-ring (bicyclic) bond motifs is 5. The van der Waals surface area contributed by atoms with Crippen molar-refractivity contribution in [3.05, 3.63) is 0 Å². The molecule has 0 aromatic rings. The number of ether oxygens (including phenoxy) is 1. The van der Waals surface area contributed by atoms with Crippen molar-refractivity contribution >= 4 is 5.78 Å². The van der Waals surface area contributed by atoms with Crippen molar-refractivity contribution in [3.63, 3.8) is 0 Å². The number of hydrogen-bond donors (Lipinski definition) is 2. The molecular weight excluding hydrogens is 412 g/mol. The van der Waals surface area contributed by atoms with Crippen molar-refractivity contribution < 1.29 is 19.7 Å². The van der Waals surface area contributed by atoms with E-state index in [9.17, 15) is 15.0 Å². The first kappa shape index (κ1) is 23.0. The van der Waals surface area contributed by atoms with Crippen LogP contribution in [0.1, 0.15) is 91.9 Å². The lowest BCUT2D eigenvalue weighted by atomic mass is 9.43. The fourth-order valence-electron chi connectivity index (χ4n) is 10.4. The van der Waals surface area contributed by atoms with Crippen LogP contribution in [0.5, 0.6) is 0 Å². The summed E-state index contributed by atoms with van der Waals surface area (Å²) in [6, 6.07) is 0. The van der Waals surface area contributed by atoms with E-state index in [1.165, 1.54) is 19.3 Å². The molecule has 0 amide bonds. The zero-order valence-electron chi connectivity index (χ0n) is 21.3. The highest BCUT2D eigenvalue weighted by Gasteiger charge is 2.71. The highest BCUT2D eigenvalue weighted by atomic mass is 16.6. The first-order chi connectivity index (χ1) is 15.6. The quantitative estimate of drug-likeness (QED) is 0.569. The van der Waals surface area contributed by atoms with Gasteiger partial charge in [-0.25, -0.2) is 0 Å². The van der Waals surface area contributed by atoms with Crippen molar-refractivity contribution in [2.24, 2.45) is 58.2 Å². The van der Waals surface area contributed by atoms with Gasteiger partial charge in [-0.05, 0) is 98.2 Å². The van der Waals surface area contributed by atoms with Gasteiger partial charge in [0.15, 0.2) is 0 Å². The molecule has 2 N–H and O–H groups in total. The molecule has 6 fully saturated rings. The Balaban J connectivity index is 1.24. The number of ketones is 1. The average Bonchev–Trinajstić information content (AvgIpc) is 3.68. The van der Waals surface area contributed by atoms with Crippen LogP contribution in [0, 0.1) is 58.2 Å². The van der Waals surface area contributed by atoms with Crippen LogP contribution in [0.4, 0.5) is 0 Å². The van der Waals surface area contributed by atoms with E-state index in [1.807, 2.05) is 0 Å². The van der Waals surface area contributed by atoms with Gasteiger partial charge in [-0.2, -0.15) is 0 Å². The number of hydrogen-bond acceptors (Lipinski definition) is 4. The van der Waals surface area contributed by atoms with Gasteiger partial charge in [-0.3, -0.25) is 4.79 Å². The molecule has 1 saturated heterocycles. The lowest BCUT2D eigenvalue weighted by Gasteiger charge is -2.62. The van der Waals surface area contributed by atoms with E-state index in [4.69, 9.17) is 4.74 Å². The zero-order valence-corrected chi connectivity index (χ0v) is 21.3. The maximum Gasteiger partial charge on any atom is 0.133 e. The maximum atomic E-state index is 12.2. The minimum atomic E-state index is -0.429. The second kappa shape index (κ2) is 7.53. The Morgan fingerprint density at radius 3 is 2.52 bits per heavy atom. The third-order valence-electron chi connectivity index (χ3n) is 12.7.